The number of aliphatic hydroxyl groups excluding tert-OH is 1. The molecule has 1 aromatic rings. The van der Waals surface area contributed by atoms with Crippen LogP contribution in [0.15, 0.2) is 24.3 Å². The van der Waals surface area contributed by atoms with Crippen molar-refractivity contribution in [2.24, 2.45) is 0 Å². The average molecular weight is 267 g/mol. The molecule has 0 bridgehead atoms. The van der Waals surface area contributed by atoms with E-state index in [9.17, 15) is 4.79 Å². The van der Waals surface area contributed by atoms with Gasteiger partial charge in [-0.25, -0.2) is 0 Å². The molecule has 0 saturated heterocycles. The van der Waals surface area contributed by atoms with E-state index >= 15 is 0 Å². The number of benzene rings is 1. The molecule has 0 aliphatic heterocycles. The number of hydrogen-bond donors (Lipinski definition) is 2. The second-order valence-electron chi connectivity index (χ2n) is 4.44. The number of nitrogens with one attached hydrogen (secondary N) is 1. The van der Waals surface area contributed by atoms with E-state index in [0.29, 0.717) is 17.7 Å². The van der Waals surface area contributed by atoms with Crippen LogP contribution in [-0.2, 0) is 0 Å². The van der Waals surface area contributed by atoms with Gasteiger partial charge in [-0.05, 0) is 38.1 Å². The van der Waals surface area contributed by atoms with Crippen molar-refractivity contribution >= 4 is 5.91 Å². The maximum atomic E-state index is 11.3. The van der Waals surface area contributed by atoms with E-state index in [1.807, 2.05) is 27.7 Å². The molecule has 4 heteroatoms. The molecule has 0 radical (unpaired) electrons. The Morgan fingerprint density at radius 1 is 1.26 bits per heavy atom. The standard InChI is InChI=1S/C13H19NO3.C2H6/c1-13(2,8-9-15)17-11-6-4-10(5-7-11)12(16)14-3;1-2/h4-7,15H,8-9H2,1-3H3,(H,14,16);1-2H3. The summed E-state index contributed by atoms with van der Waals surface area (Å²) in [6.45, 7) is 7.91. The first-order valence-corrected chi connectivity index (χ1v) is 6.60. The summed E-state index contributed by atoms with van der Waals surface area (Å²) in [6.07, 6.45) is 0.560. The Hall–Kier alpha value is -1.55. The van der Waals surface area contributed by atoms with Gasteiger partial charge >= 0.3 is 0 Å². The van der Waals surface area contributed by atoms with Crippen molar-refractivity contribution < 1.29 is 14.6 Å². The minimum atomic E-state index is -0.413. The van der Waals surface area contributed by atoms with Crippen molar-refractivity contribution in [1.82, 2.24) is 5.32 Å². The highest BCUT2D eigenvalue weighted by atomic mass is 16.5. The largest absolute Gasteiger partial charge is 0.488 e. The molecule has 0 atom stereocenters. The Labute approximate surface area is 115 Å². The summed E-state index contributed by atoms with van der Waals surface area (Å²) in [7, 11) is 1.59. The predicted octanol–water partition coefficient (Wildman–Crippen LogP) is 2.61. The van der Waals surface area contributed by atoms with Crippen LogP contribution in [0.3, 0.4) is 0 Å². The Bertz CT molecular complexity index is 371. The number of carbonyl (C=O) groups is 1. The van der Waals surface area contributed by atoms with Crippen molar-refractivity contribution in [3.8, 4) is 5.75 Å². The van der Waals surface area contributed by atoms with Gasteiger partial charge in [0.1, 0.15) is 11.4 Å². The molecule has 19 heavy (non-hydrogen) atoms. The lowest BCUT2D eigenvalue weighted by molar-refractivity contribution is 0.0765. The molecule has 0 spiro atoms. The molecular formula is C15H25NO3. The van der Waals surface area contributed by atoms with Crippen molar-refractivity contribution in [3.05, 3.63) is 29.8 Å². The molecule has 2 N–H and O–H groups in total. The molecule has 0 aromatic heterocycles. The van der Waals surface area contributed by atoms with Gasteiger partial charge in [-0.2, -0.15) is 0 Å². The third kappa shape index (κ3) is 6.25. The quantitative estimate of drug-likeness (QED) is 0.862. The Kier molecular flexibility index (Phi) is 7.84. The van der Waals surface area contributed by atoms with Gasteiger partial charge in [0.15, 0.2) is 0 Å². The molecule has 1 rings (SSSR count). The molecule has 0 aliphatic carbocycles. The maximum absolute atomic E-state index is 11.3. The van der Waals surface area contributed by atoms with E-state index in [1.54, 1.807) is 31.3 Å². The summed E-state index contributed by atoms with van der Waals surface area (Å²) >= 11 is 0. The molecule has 1 amide bonds. The van der Waals surface area contributed by atoms with E-state index in [4.69, 9.17) is 9.84 Å². The molecule has 4 nitrogen and oxygen atoms in total. The van der Waals surface area contributed by atoms with E-state index in [2.05, 4.69) is 5.32 Å². The summed E-state index contributed by atoms with van der Waals surface area (Å²) in [5, 5.41) is 11.5. The fraction of sp³-hybridized carbons (Fsp3) is 0.533. The van der Waals surface area contributed by atoms with Crippen molar-refractivity contribution in [2.45, 2.75) is 39.7 Å². The van der Waals surface area contributed by atoms with Crippen LogP contribution >= 0.6 is 0 Å². The molecular weight excluding hydrogens is 242 g/mol. The zero-order valence-electron chi connectivity index (χ0n) is 12.5. The first-order valence-electron chi connectivity index (χ1n) is 6.60. The molecule has 0 heterocycles. The lowest BCUT2D eigenvalue weighted by Gasteiger charge is -2.25. The van der Waals surface area contributed by atoms with E-state index in [-0.39, 0.29) is 12.5 Å². The van der Waals surface area contributed by atoms with Gasteiger partial charge in [0.05, 0.1) is 0 Å². The fourth-order valence-corrected chi connectivity index (χ4v) is 1.46. The molecule has 0 saturated carbocycles. The number of carbonyl (C=O) groups excluding carboxylic acids is 1. The van der Waals surface area contributed by atoms with Crippen LogP contribution < -0.4 is 10.1 Å². The van der Waals surface area contributed by atoms with E-state index in [0.717, 1.165) is 0 Å². The SMILES string of the molecule is CC.CNC(=O)c1ccc(OC(C)(C)CCO)cc1. The molecule has 108 valence electrons. The molecule has 1 aromatic carbocycles. The third-order valence-electron chi connectivity index (χ3n) is 2.45. The lowest BCUT2D eigenvalue weighted by atomic mass is 10.1. The van der Waals surface area contributed by atoms with Crippen molar-refractivity contribution in [3.63, 3.8) is 0 Å². The zero-order chi connectivity index (χ0) is 14.9. The fourth-order valence-electron chi connectivity index (χ4n) is 1.46. The van der Waals surface area contributed by atoms with Crippen LogP contribution in [0.5, 0.6) is 5.75 Å². The Balaban J connectivity index is 0.00000154. The average Bonchev–Trinajstić information content (AvgIpc) is 2.40. The zero-order valence-corrected chi connectivity index (χ0v) is 12.5. The summed E-state index contributed by atoms with van der Waals surface area (Å²) in [4.78, 5) is 11.3. The van der Waals surface area contributed by atoms with E-state index < -0.39 is 5.60 Å². The van der Waals surface area contributed by atoms with Crippen LogP contribution in [0.4, 0.5) is 0 Å². The first kappa shape index (κ1) is 17.4. The van der Waals surface area contributed by atoms with Crippen LogP contribution in [0, 0.1) is 0 Å². The van der Waals surface area contributed by atoms with Gasteiger partial charge in [0.2, 0.25) is 0 Å². The third-order valence-corrected chi connectivity index (χ3v) is 2.45. The smallest absolute Gasteiger partial charge is 0.251 e. The van der Waals surface area contributed by atoms with Gasteiger partial charge in [0, 0.05) is 25.6 Å². The van der Waals surface area contributed by atoms with Crippen LogP contribution in [0.2, 0.25) is 0 Å². The van der Waals surface area contributed by atoms with E-state index in [1.165, 1.54) is 0 Å². The maximum Gasteiger partial charge on any atom is 0.251 e. The first-order chi connectivity index (χ1) is 8.98. The Morgan fingerprint density at radius 3 is 2.21 bits per heavy atom. The Morgan fingerprint density at radius 2 is 1.79 bits per heavy atom. The summed E-state index contributed by atoms with van der Waals surface area (Å²) in [6, 6.07) is 6.93. The van der Waals surface area contributed by atoms with Crippen LogP contribution in [-0.4, -0.2) is 30.3 Å². The minimum absolute atomic E-state index is 0.0866. The number of hydrogen-bond acceptors (Lipinski definition) is 3. The summed E-state index contributed by atoms with van der Waals surface area (Å²) in [5.74, 6) is 0.572. The van der Waals surface area contributed by atoms with Crippen LogP contribution in [0.1, 0.15) is 44.5 Å². The lowest BCUT2D eigenvalue weighted by Crippen LogP contribution is -2.29. The number of amides is 1. The topological polar surface area (TPSA) is 58.6 Å². The van der Waals surface area contributed by atoms with Gasteiger partial charge in [0.25, 0.3) is 5.91 Å². The highest BCUT2D eigenvalue weighted by Gasteiger charge is 2.18. The van der Waals surface area contributed by atoms with Crippen molar-refractivity contribution in [2.75, 3.05) is 13.7 Å². The predicted molar refractivity (Wildman–Crippen MR) is 77.6 cm³/mol. The highest BCUT2D eigenvalue weighted by Crippen LogP contribution is 2.21. The monoisotopic (exact) mass is 267 g/mol. The second kappa shape index (κ2) is 8.53. The van der Waals surface area contributed by atoms with Gasteiger partial charge in [-0.15, -0.1) is 0 Å². The summed E-state index contributed by atoms with van der Waals surface area (Å²) < 4.78 is 5.72. The molecule has 0 fully saturated rings. The highest BCUT2D eigenvalue weighted by molar-refractivity contribution is 5.94. The molecule has 0 unspecified atom stereocenters. The summed E-state index contributed by atoms with van der Waals surface area (Å²) in [5.41, 5.74) is 0.184. The minimum Gasteiger partial charge on any atom is -0.488 e. The van der Waals surface area contributed by atoms with Crippen LogP contribution in [0.25, 0.3) is 0 Å². The van der Waals surface area contributed by atoms with Gasteiger partial charge < -0.3 is 15.2 Å². The number of ether oxygens (including phenoxy) is 1. The molecule has 0 aliphatic rings. The van der Waals surface area contributed by atoms with Gasteiger partial charge in [-0.1, -0.05) is 13.8 Å². The van der Waals surface area contributed by atoms with Gasteiger partial charge in [-0.3, -0.25) is 4.79 Å². The van der Waals surface area contributed by atoms with Crippen molar-refractivity contribution in [1.29, 1.82) is 0 Å². The number of rotatable bonds is 5. The second-order valence-corrected chi connectivity index (χ2v) is 4.44. The number of aliphatic hydroxyl groups is 1. The normalized spacial score (nSPS) is 10.2.